The molecule has 4 rings (SSSR count). The summed E-state index contributed by atoms with van der Waals surface area (Å²) in [5, 5.41) is 9.44. The summed E-state index contributed by atoms with van der Waals surface area (Å²) in [4.78, 5) is 26.9. The van der Waals surface area contributed by atoms with Gasteiger partial charge in [-0.2, -0.15) is 5.26 Å². The lowest BCUT2D eigenvalue weighted by Crippen LogP contribution is -2.27. The van der Waals surface area contributed by atoms with Gasteiger partial charge < -0.3 is 4.74 Å². The molecule has 0 unspecified atom stereocenters. The summed E-state index contributed by atoms with van der Waals surface area (Å²) in [6.07, 6.45) is 1.71. The van der Waals surface area contributed by atoms with Crippen molar-refractivity contribution in [2.24, 2.45) is 0 Å². The Bertz CT molecular complexity index is 1310. The van der Waals surface area contributed by atoms with Crippen LogP contribution < -0.4 is 9.64 Å². The second-order valence-electron chi connectivity index (χ2n) is 6.86. The lowest BCUT2D eigenvalue weighted by atomic mass is 10.1. The standard InChI is InChI=1S/C24H13ClI2N2O3S/c25-17-5-7-18(8-6-17)29-23(30)21(33-24(29)31)11-14-9-19(26)22(20(27)10-14)32-13-16-4-2-1-3-15(16)12-28/h1-11H,13H2/b21-11+. The van der Waals surface area contributed by atoms with Crippen molar-refractivity contribution in [3.8, 4) is 11.8 Å². The Balaban J connectivity index is 1.55. The lowest BCUT2D eigenvalue weighted by Gasteiger charge is -2.13. The van der Waals surface area contributed by atoms with Crippen LogP contribution >= 0.6 is 68.5 Å². The summed E-state index contributed by atoms with van der Waals surface area (Å²) >= 11 is 11.2. The van der Waals surface area contributed by atoms with Crippen LogP contribution in [-0.2, 0) is 11.4 Å². The van der Waals surface area contributed by atoms with Gasteiger partial charge in [0.1, 0.15) is 12.4 Å². The Morgan fingerprint density at radius 3 is 2.39 bits per heavy atom. The second kappa shape index (κ2) is 10.5. The number of nitriles is 1. The van der Waals surface area contributed by atoms with Gasteiger partial charge >= 0.3 is 0 Å². The molecule has 0 atom stereocenters. The lowest BCUT2D eigenvalue weighted by molar-refractivity contribution is -0.113. The molecule has 0 aliphatic carbocycles. The number of carbonyl (C=O) groups is 2. The highest BCUT2D eigenvalue weighted by Crippen LogP contribution is 2.37. The van der Waals surface area contributed by atoms with Gasteiger partial charge in [0.15, 0.2) is 0 Å². The molecule has 0 bridgehead atoms. The van der Waals surface area contributed by atoms with Crippen molar-refractivity contribution in [2.75, 3.05) is 4.90 Å². The Kier molecular flexibility index (Phi) is 7.63. The third kappa shape index (κ3) is 5.37. The van der Waals surface area contributed by atoms with Crippen LogP contribution in [0.4, 0.5) is 10.5 Å². The minimum atomic E-state index is -0.370. The number of amides is 2. The fourth-order valence-electron chi connectivity index (χ4n) is 3.14. The Morgan fingerprint density at radius 2 is 1.73 bits per heavy atom. The van der Waals surface area contributed by atoms with Gasteiger partial charge in [-0.15, -0.1) is 0 Å². The third-order valence-corrected chi connectivity index (χ3v) is 7.43. The molecule has 9 heteroatoms. The molecule has 2 amide bonds. The normalized spacial score (nSPS) is 14.6. The SMILES string of the molecule is N#Cc1ccccc1COc1c(I)cc(/C=C2/SC(=O)N(c3ccc(Cl)cc3)C2=O)cc1I. The van der Waals surface area contributed by atoms with Crippen molar-refractivity contribution in [1.29, 1.82) is 5.26 Å². The van der Waals surface area contributed by atoms with Crippen molar-refractivity contribution >= 4 is 91.5 Å². The maximum Gasteiger partial charge on any atom is 0.298 e. The highest BCUT2D eigenvalue weighted by Gasteiger charge is 2.36. The van der Waals surface area contributed by atoms with Gasteiger partial charge in [0.25, 0.3) is 11.1 Å². The summed E-state index contributed by atoms with van der Waals surface area (Å²) in [6.45, 7) is 0.273. The number of benzene rings is 3. The van der Waals surface area contributed by atoms with Gasteiger partial charge in [-0.3, -0.25) is 9.59 Å². The molecule has 3 aromatic rings. The van der Waals surface area contributed by atoms with Crippen LogP contribution in [-0.4, -0.2) is 11.1 Å². The molecule has 0 aromatic heterocycles. The number of hydrogen-bond donors (Lipinski definition) is 0. The van der Waals surface area contributed by atoms with E-state index in [1.165, 1.54) is 0 Å². The summed E-state index contributed by atoms with van der Waals surface area (Å²) < 4.78 is 7.73. The molecule has 1 aliphatic heterocycles. The van der Waals surface area contributed by atoms with Crippen LogP contribution in [0.2, 0.25) is 5.02 Å². The first-order valence-corrected chi connectivity index (χ1v) is 12.9. The van der Waals surface area contributed by atoms with Crippen LogP contribution in [0.15, 0.2) is 65.6 Å². The number of nitrogens with zero attached hydrogens (tertiary/aromatic N) is 2. The molecule has 0 spiro atoms. The zero-order valence-corrected chi connectivity index (χ0v) is 22.6. The number of rotatable bonds is 5. The predicted octanol–water partition coefficient (Wildman–Crippen LogP) is 7.24. The average molecular weight is 699 g/mol. The maximum absolute atomic E-state index is 12.9. The van der Waals surface area contributed by atoms with Gasteiger partial charge in [-0.05, 0) is 111 Å². The van der Waals surface area contributed by atoms with E-state index in [9.17, 15) is 14.9 Å². The minimum Gasteiger partial charge on any atom is -0.487 e. The summed E-state index contributed by atoms with van der Waals surface area (Å²) in [7, 11) is 0. The molecule has 0 N–H and O–H groups in total. The Hall–Kier alpha value is -2.07. The van der Waals surface area contributed by atoms with E-state index in [2.05, 4.69) is 51.3 Å². The monoisotopic (exact) mass is 698 g/mol. The number of anilines is 1. The zero-order chi connectivity index (χ0) is 23.5. The molecule has 3 aromatic carbocycles. The van der Waals surface area contributed by atoms with Gasteiger partial charge in [-0.25, -0.2) is 4.90 Å². The Labute approximate surface area is 227 Å². The van der Waals surface area contributed by atoms with E-state index in [4.69, 9.17) is 16.3 Å². The molecule has 1 fully saturated rings. The molecule has 1 saturated heterocycles. The quantitative estimate of drug-likeness (QED) is 0.208. The first kappa shape index (κ1) is 24.1. The fourth-order valence-corrected chi connectivity index (χ4v) is 6.23. The minimum absolute atomic E-state index is 0.273. The van der Waals surface area contributed by atoms with Crippen molar-refractivity contribution in [1.82, 2.24) is 0 Å². The molecule has 33 heavy (non-hydrogen) atoms. The van der Waals surface area contributed by atoms with E-state index < -0.39 is 0 Å². The van der Waals surface area contributed by atoms with Crippen molar-refractivity contribution in [2.45, 2.75) is 6.61 Å². The van der Waals surface area contributed by atoms with Crippen LogP contribution in [0.25, 0.3) is 6.08 Å². The molecule has 164 valence electrons. The second-order valence-corrected chi connectivity index (χ2v) is 10.6. The maximum atomic E-state index is 12.9. The number of ether oxygens (including phenoxy) is 1. The Morgan fingerprint density at radius 1 is 1.06 bits per heavy atom. The van der Waals surface area contributed by atoms with Crippen molar-refractivity contribution < 1.29 is 14.3 Å². The van der Waals surface area contributed by atoms with Crippen LogP contribution in [0.3, 0.4) is 0 Å². The number of carbonyl (C=O) groups excluding carboxylic acids is 2. The molecule has 5 nitrogen and oxygen atoms in total. The van der Waals surface area contributed by atoms with Crippen LogP contribution in [0.5, 0.6) is 5.75 Å². The van der Waals surface area contributed by atoms with E-state index in [0.717, 1.165) is 34.9 Å². The fraction of sp³-hybridized carbons (Fsp3) is 0.0417. The van der Waals surface area contributed by atoms with Crippen LogP contribution in [0.1, 0.15) is 16.7 Å². The molecule has 1 heterocycles. The van der Waals surface area contributed by atoms with E-state index in [1.807, 2.05) is 30.3 Å². The molecule has 0 radical (unpaired) electrons. The predicted molar refractivity (Wildman–Crippen MR) is 147 cm³/mol. The highest BCUT2D eigenvalue weighted by atomic mass is 127. The summed E-state index contributed by atoms with van der Waals surface area (Å²) in [5.41, 5.74) is 2.66. The molecule has 1 aliphatic rings. The van der Waals surface area contributed by atoms with Gasteiger partial charge in [-0.1, -0.05) is 29.8 Å². The van der Waals surface area contributed by atoms with E-state index in [0.29, 0.717) is 26.9 Å². The number of imide groups is 1. The smallest absolute Gasteiger partial charge is 0.298 e. The van der Waals surface area contributed by atoms with E-state index >= 15 is 0 Å². The van der Waals surface area contributed by atoms with Gasteiger partial charge in [0, 0.05) is 10.6 Å². The van der Waals surface area contributed by atoms with Gasteiger partial charge in [0.2, 0.25) is 0 Å². The summed E-state index contributed by atoms with van der Waals surface area (Å²) in [5.74, 6) is 0.334. The first-order chi connectivity index (χ1) is 15.9. The highest BCUT2D eigenvalue weighted by molar-refractivity contribution is 14.1. The van der Waals surface area contributed by atoms with Crippen molar-refractivity contribution in [3.63, 3.8) is 0 Å². The topological polar surface area (TPSA) is 70.4 Å². The molecular weight excluding hydrogens is 686 g/mol. The number of hydrogen-bond acceptors (Lipinski definition) is 5. The summed E-state index contributed by atoms with van der Waals surface area (Å²) in [6, 6.07) is 19.8. The van der Waals surface area contributed by atoms with Gasteiger partial charge in [0.05, 0.1) is 29.4 Å². The number of thioether (sulfide) groups is 1. The molecule has 0 saturated carbocycles. The third-order valence-electron chi connectivity index (χ3n) is 4.71. The largest absolute Gasteiger partial charge is 0.487 e. The van der Waals surface area contributed by atoms with Crippen molar-refractivity contribution in [3.05, 3.63) is 94.4 Å². The zero-order valence-electron chi connectivity index (χ0n) is 16.7. The van der Waals surface area contributed by atoms with E-state index in [1.54, 1.807) is 36.4 Å². The molecular formula is C24H13ClI2N2O3S. The van der Waals surface area contributed by atoms with Crippen LogP contribution in [0, 0.1) is 18.5 Å². The average Bonchev–Trinajstić information content (AvgIpc) is 3.07. The number of halogens is 3. The van der Waals surface area contributed by atoms with E-state index in [-0.39, 0.29) is 17.8 Å². The first-order valence-electron chi connectivity index (χ1n) is 9.50.